The fraction of sp³-hybridized carbons (Fsp3) is 0.583. The Bertz CT molecular complexity index is 401. The van der Waals surface area contributed by atoms with Crippen LogP contribution in [0.25, 0.3) is 0 Å². The van der Waals surface area contributed by atoms with Crippen LogP contribution in [0.15, 0.2) is 22.1 Å². The Kier molecular flexibility index (Phi) is 7.27. The molecule has 20 heavy (non-hydrogen) atoms. The van der Waals surface area contributed by atoms with Crippen molar-refractivity contribution in [2.24, 2.45) is 0 Å². The van der Waals surface area contributed by atoms with Crippen molar-refractivity contribution in [3.63, 3.8) is 0 Å². The number of carboxylic acids is 1. The second kappa shape index (κ2) is 5.97. The molecule has 2 nitrogen and oxygen atoms in total. The topological polar surface area (TPSA) is 37.3 Å². The van der Waals surface area contributed by atoms with Gasteiger partial charge in [0.15, 0.2) is 0 Å². The molecule has 0 saturated heterocycles. The third-order valence-electron chi connectivity index (χ3n) is 2.62. The number of hydrogen-bond acceptors (Lipinski definition) is 1. The number of carbonyl (C=O) groups is 1. The molecule has 0 bridgehead atoms. The van der Waals surface area contributed by atoms with E-state index in [2.05, 4.69) is 44.4 Å². The zero-order valence-electron chi connectivity index (χ0n) is 12.2. The summed E-state index contributed by atoms with van der Waals surface area (Å²) in [5, 5.41) is 19.5. The summed E-state index contributed by atoms with van der Waals surface area (Å²) in [5.41, 5.74) is 0. The molecule has 1 N–H and O–H groups in total. The first kappa shape index (κ1) is 24.3. The normalized spacial score (nSPS) is 17.3. The quantitative estimate of drug-likeness (QED) is 0.523. The molecule has 0 aromatic rings. The molecule has 0 heterocycles. The van der Waals surface area contributed by atoms with Gasteiger partial charge in [-0.1, -0.05) is 0 Å². The summed E-state index contributed by atoms with van der Waals surface area (Å²) in [6, 6.07) is 0. The fourth-order valence-corrected chi connectivity index (χ4v) is 4.60. The van der Waals surface area contributed by atoms with Gasteiger partial charge < -0.3 is 5.11 Å². The van der Waals surface area contributed by atoms with Crippen molar-refractivity contribution in [3.05, 3.63) is 22.1 Å². The molecular formula is C12H23F5O2Ti. The van der Waals surface area contributed by atoms with Crippen molar-refractivity contribution in [3.8, 4) is 0 Å². The van der Waals surface area contributed by atoms with Gasteiger partial charge in [0.25, 0.3) is 0 Å². The molecule has 0 amide bonds. The van der Waals surface area contributed by atoms with Gasteiger partial charge >= 0.3 is 80.8 Å². The maximum atomic E-state index is 10.6. The predicted molar refractivity (Wildman–Crippen MR) is 69.9 cm³/mol. The molecule has 0 aromatic heterocycles. The second-order valence-electron chi connectivity index (χ2n) is 8.38. The monoisotopic (exact) mass is 342 g/mol. The molecule has 1 aliphatic rings. The zero-order valence-corrected chi connectivity index (χ0v) is 13.8. The van der Waals surface area contributed by atoms with E-state index in [0.29, 0.717) is 0 Å². The number of aliphatic carboxylic acids is 1. The van der Waals surface area contributed by atoms with Gasteiger partial charge in [0.2, 0.25) is 0 Å². The van der Waals surface area contributed by atoms with Crippen LogP contribution < -0.4 is 0 Å². The van der Waals surface area contributed by atoms with Crippen LogP contribution in [0, 0.1) is 0 Å². The Morgan fingerprint density at radius 1 is 1.15 bits per heavy atom. The molecule has 0 spiro atoms. The number of halogens is 5. The summed E-state index contributed by atoms with van der Waals surface area (Å²) in [5.74, 6) is -2.76. The van der Waals surface area contributed by atoms with Gasteiger partial charge in [0, 0.05) is 0 Å². The summed E-state index contributed by atoms with van der Waals surface area (Å²) in [4.78, 5) is 8.90. The van der Waals surface area contributed by atoms with Crippen LogP contribution in [0.4, 0.5) is 22.6 Å². The SMILES string of the molecule is F.F.O=C(O)C(F)(F)F.[CH3][Ti]([CH3])([CH3])([CH3])([CH3])[C]1=CC=CC1. The molecule has 0 unspecified atom stereocenters. The molecular weight excluding hydrogens is 319 g/mol. The zero-order chi connectivity index (χ0) is 14.9. The summed E-state index contributed by atoms with van der Waals surface area (Å²) in [6.07, 6.45) is 2.90. The van der Waals surface area contributed by atoms with E-state index >= 15 is 0 Å². The Balaban J connectivity index is -0.000000286. The van der Waals surface area contributed by atoms with E-state index in [4.69, 9.17) is 9.90 Å². The summed E-state index contributed by atoms with van der Waals surface area (Å²) >= 11 is -2.61. The average Bonchev–Trinajstić information content (AvgIpc) is 2.49. The summed E-state index contributed by atoms with van der Waals surface area (Å²) < 4.78 is 33.4. The van der Waals surface area contributed by atoms with Crippen molar-refractivity contribution in [1.82, 2.24) is 0 Å². The van der Waals surface area contributed by atoms with Gasteiger partial charge in [-0.05, 0) is 0 Å². The molecule has 1 aliphatic carbocycles. The van der Waals surface area contributed by atoms with Crippen LogP contribution in [0.1, 0.15) is 6.42 Å². The minimum absolute atomic E-state index is 0. The van der Waals surface area contributed by atoms with Crippen molar-refractivity contribution in [2.75, 3.05) is 0 Å². The van der Waals surface area contributed by atoms with Crippen LogP contribution in [-0.2, 0) is 18.8 Å². The Morgan fingerprint density at radius 3 is 1.60 bits per heavy atom. The predicted octanol–water partition coefficient (Wildman–Crippen LogP) is 5.23. The molecule has 0 radical (unpaired) electrons. The van der Waals surface area contributed by atoms with E-state index < -0.39 is 26.2 Å². The summed E-state index contributed by atoms with van der Waals surface area (Å²) in [6.45, 7) is 0. The van der Waals surface area contributed by atoms with Crippen LogP contribution in [0.2, 0.25) is 26.1 Å². The van der Waals surface area contributed by atoms with Crippen molar-refractivity contribution in [1.29, 1.82) is 0 Å². The van der Waals surface area contributed by atoms with Gasteiger partial charge in [0.1, 0.15) is 0 Å². The molecule has 0 aliphatic heterocycles. The van der Waals surface area contributed by atoms with E-state index in [1.54, 1.807) is 3.88 Å². The van der Waals surface area contributed by atoms with Crippen LogP contribution in [0.3, 0.4) is 0 Å². The van der Waals surface area contributed by atoms with Crippen molar-refractivity contribution in [2.45, 2.75) is 38.7 Å². The van der Waals surface area contributed by atoms with E-state index in [1.807, 2.05) is 0 Å². The molecule has 122 valence electrons. The summed E-state index contributed by atoms with van der Waals surface area (Å²) in [7, 11) is 0. The van der Waals surface area contributed by atoms with E-state index in [0.717, 1.165) is 0 Å². The first-order chi connectivity index (χ1) is 7.54. The molecule has 0 saturated carbocycles. The third-order valence-corrected chi connectivity index (χ3v) is 8.21. The van der Waals surface area contributed by atoms with Crippen LogP contribution in [-0.4, -0.2) is 17.3 Å². The van der Waals surface area contributed by atoms with Crippen LogP contribution in [0.5, 0.6) is 0 Å². The molecule has 0 atom stereocenters. The van der Waals surface area contributed by atoms with Gasteiger partial charge in [-0.2, -0.15) is 13.2 Å². The van der Waals surface area contributed by atoms with Gasteiger partial charge in [-0.15, -0.1) is 0 Å². The van der Waals surface area contributed by atoms with E-state index in [-0.39, 0.29) is 9.41 Å². The van der Waals surface area contributed by atoms with Gasteiger partial charge in [0.05, 0.1) is 0 Å². The standard InChI is InChI=1S/C5H5.C2HF3O2.5CH3.2FH.Ti/c1-2-4-5-3-1;3-2(4,5)1(6)7;;;;;;;;/h1-3H,4H2;(H,6,7);5*1H3;2*1H;. The number of hydrogen-bond donors (Lipinski definition) is 1. The third kappa shape index (κ3) is 9.25. The molecule has 0 fully saturated rings. The van der Waals surface area contributed by atoms with E-state index in [9.17, 15) is 13.2 Å². The maximum absolute atomic E-state index is 10.6. The Morgan fingerprint density at radius 2 is 1.50 bits per heavy atom. The van der Waals surface area contributed by atoms with Crippen molar-refractivity contribution >= 4 is 5.97 Å². The Labute approximate surface area is 113 Å². The Hall–Kier alpha value is -0.686. The first-order valence-corrected chi connectivity index (χ1v) is 14.3. The molecule has 1 rings (SSSR count). The average molecular weight is 342 g/mol. The minimum atomic E-state index is -5.08. The molecule has 0 aromatic carbocycles. The second-order valence-corrected chi connectivity index (χ2v) is 28.9. The number of alkyl halides is 3. The number of carboxylic acid groups (broad SMARTS) is 1. The number of rotatable bonds is 1. The van der Waals surface area contributed by atoms with E-state index in [1.165, 1.54) is 6.42 Å². The van der Waals surface area contributed by atoms with Crippen LogP contribution >= 0.6 is 0 Å². The number of allylic oxidation sites excluding steroid dienone is 4. The van der Waals surface area contributed by atoms with Gasteiger partial charge in [-0.25, -0.2) is 4.79 Å². The van der Waals surface area contributed by atoms with Crippen molar-refractivity contribution < 1.29 is 46.5 Å². The first-order valence-electron chi connectivity index (χ1n) is 5.71. The fourth-order valence-electron chi connectivity index (χ4n) is 1.37. The molecule has 8 heteroatoms. The van der Waals surface area contributed by atoms with Gasteiger partial charge in [-0.3, -0.25) is 9.41 Å².